The molecule has 1 amide bonds. The standard InChI is InChI=1S/C15H25NO5/c1-11-3-2-4-12(7-11)21-10-14(17)16-5-6-20-13(9-16)8-15(18)19/h11-13H,2-10H2,1H3,(H,18,19)/t11-,12-,13-/m1/s1. The van der Waals surface area contributed by atoms with Gasteiger partial charge in [-0.1, -0.05) is 19.8 Å². The molecule has 0 radical (unpaired) electrons. The average molecular weight is 299 g/mol. The number of carboxylic acids is 1. The lowest BCUT2D eigenvalue weighted by atomic mass is 9.89. The Morgan fingerprint density at radius 2 is 2.19 bits per heavy atom. The summed E-state index contributed by atoms with van der Waals surface area (Å²) < 4.78 is 11.1. The Labute approximate surface area is 125 Å². The molecule has 1 saturated carbocycles. The fourth-order valence-electron chi connectivity index (χ4n) is 3.07. The first kappa shape index (κ1) is 16.2. The molecule has 1 aliphatic carbocycles. The lowest BCUT2D eigenvalue weighted by Gasteiger charge is -2.33. The van der Waals surface area contributed by atoms with Gasteiger partial charge in [0.1, 0.15) is 6.61 Å². The highest BCUT2D eigenvalue weighted by Gasteiger charge is 2.27. The van der Waals surface area contributed by atoms with E-state index in [0.717, 1.165) is 19.3 Å². The van der Waals surface area contributed by atoms with Crippen LogP contribution in [0.15, 0.2) is 0 Å². The van der Waals surface area contributed by atoms with Crippen molar-refractivity contribution in [3.8, 4) is 0 Å². The molecule has 0 aromatic rings. The van der Waals surface area contributed by atoms with E-state index in [4.69, 9.17) is 14.6 Å². The summed E-state index contributed by atoms with van der Waals surface area (Å²) in [5.41, 5.74) is 0. The highest BCUT2D eigenvalue weighted by Crippen LogP contribution is 2.25. The molecule has 2 rings (SSSR count). The highest BCUT2D eigenvalue weighted by atomic mass is 16.5. The van der Waals surface area contributed by atoms with Crippen LogP contribution in [0.3, 0.4) is 0 Å². The quantitative estimate of drug-likeness (QED) is 0.827. The molecular formula is C15H25NO5. The second kappa shape index (κ2) is 7.75. The van der Waals surface area contributed by atoms with Crippen LogP contribution in [0.5, 0.6) is 0 Å². The van der Waals surface area contributed by atoms with Crippen molar-refractivity contribution in [3.05, 3.63) is 0 Å². The zero-order valence-corrected chi connectivity index (χ0v) is 12.6. The zero-order chi connectivity index (χ0) is 15.2. The lowest BCUT2D eigenvalue weighted by molar-refractivity contribution is -0.151. The van der Waals surface area contributed by atoms with Gasteiger partial charge in [-0.05, 0) is 18.8 Å². The Hall–Kier alpha value is -1.14. The Morgan fingerprint density at radius 1 is 1.38 bits per heavy atom. The van der Waals surface area contributed by atoms with Crippen molar-refractivity contribution in [2.24, 2.45) is 5.92 Å². The Kier molecular flexibility index (Phi) is 5.99. The summed E-state index contributed by atoms with van der Waals surface area (Å²) in [5, 5.41) is 8.78. The van der Waals surface area contributed by atoms with Gasteiger partial charge in [-0.2, -0.15) is 0 Å². The highest BCUT2D eigenvalue weighted by molar-refractivity contribution is 5.77. The molecule has 2 aliphatic rings. The minimum atomic E-state index is -0.901. The fraction of sp³-hybridized carbons (Fsp3) is 0.867. The first-order chi connectivity index (χ1) is 10.0. The number of carboxylic acid groups (broad SMARTS) is 1. The molecule has 21 heavy (non-hydrogen) atoms. The first-order valence-electron chi connectivity index (χ1n) is 7.77. The monoisotopic (exact) mass is 299 g/mol. The minimum Gasteiger partial charge on any atom is -0.481 e. The number of amides is 1. The van der Waals surface area contributed by atoms with E-state index in [-0.39, 0.29) is 25.0 Å². The first-order valence-corrected chi connectivity index (χ1v) is 7.77. The van der Waals surface area contributed by atoms with Gasteiger partial charge in [0, 0.05) is 13.1 Å². The minimum absolute atomic E-state index is 0.0630. The number of aliphatic carboxylic acids is 1. The van der Waals surface area contributed by atoms with Crippen LogP contribution in [0.1, 0.15) is 39.0 Å². The molecule has 0 unspecified atom stereocenters. The molecule has 0 aromatic carbocycles. The number of nitrogens with zero attached hydrogens (tertiary/aromatic N) is 1. The molecule has 1 heterocycles. The van der Waals surface area contributed by atoms with Gasteiger partial charge in [-0.3, -0.25) is 9.59 Å². The lowest BCUT2D eigenvalue weighted by Crippen LogP contribution is -2.47. The smallest absolute Gasteiger partial charge is 0.306 e. The Balaban J connectivity index is 1.73. The molecule has 1 saturated heterocycles. The van der Waals surface area contributed by atoms with Crippen LogP contribution < -0.4 is 0 Å². The summed E-state index contributed by atoms with van der Waals surface area (Å²) in [7, 11) is 0. The van der Waals surface area contributed by atoms with Gasteiger partial charge in [0.2, 0.25) is 5.91 Å². The van der Waals surface area contributed by atoms with Gasteiger partial charge in [0.25, 0.3) is 0 Å². The van der Waals surface area contributed by atoms with Crippen molar-refractivity contribution in [1.29, 1.82) is 0 Å². The number of hydrogen-bond acceptors (Lipinski definition) is 4. The molecule has 6 heteroatoms. The number of rotatable bonds is 5. The van der Waals surface area contributed by atoms with Crippen molar-refractivity contribution >= 4 is 11.9 Å². The third-order valence-electron chi connectivity index (χ3n) is 4.22. The molecule has 6 nitrogen and oxygen atoms in total. The van der Waals surface area contributed by atoms with Gasteiger partial charge < -0.3 is 19.5 Å². The van der Waals surface area contributed by atoms with E-state index in [0.29, 0.717) is 25.6 Å². The summed E-state index contributed by atoms with van der Waals surface area (Å²) in [6, 6.07) is 0. The van der Waals surface area contributed by atoms with Crippen LogP contribution in [0, 0.1) is 5.92 Å². The van der Waals surface area contributed by atoms with Crippen LogP contribution in [-0.2, 0) is 19.1 Å². The van der Waals surface area contributed by atoms with Crippen molar-refractivity contribution in [2.45, 2.75) is 51.2 Å². The van der Waals surface area contributed by atoms with E-state index >= 15 is 0 Å². The van der Waals surface area contributed by atoms with Gasteiger partial charge in [-0.15, -0.1) is 0 Å². The predicted octanol–water partition coefficient (Wildman–Crippen LogP) is 1.28. The van der Waals surface area contributed by atoms with Gasteiger partial charge in [0.15, 0.2) is 0 Å². The number of carbonyl (C=O) groups excluding carboxylic acids is 1. The third-order valence-corrected chi connectivity index (χ3v) is 4.22. The van der Waals surface area contributed by atoms with Crippen molar-refractivity contribution in [2.75, 3.05) is 26.3 Å². The predicted molar refractivity (Wildman–Crippen MR) is 75.9 cm³/mol. The normalized spacial score (nSPS) is 30.1. The SMILES string of the molecule is C[C@@H]1CCC[C@@H](OCC(=O)N2CCO[C@H](CC(=O)O)C2)C1. The Morgan fingerprint density at radius 3 is 2.90 bits per heavy atom. The molecule has 3 atom stereocenters. The molecule has 0 bridgehead atoms. The molecule has 120 valence electrons. The average Bonchev–Trinajstić information content (AvgIpc) is 2.44. The summed E-state index contributed by atoms with van der Waals surface area (Å²) in [5.74, 6) is -0.296. The van der Waals surface area contributed by atoms with E-state index in [1.165, 1.54) is 6.42 Å². The summed E-state index contributed by atoms with van der Waals surface area (Å²) >= 11 is 0. The fourth-order valence-corrected chi connectivity index (χ4v) is 3.07. The number of ether oxygens (including phenoxy) is 2. The second-order valence-corrected chi connectivity index (χ2v) is 6.14. The van der Waals surface area contributed by atoms with Crippen LogP contribution in [-0.4, -0.2) is 60.4 Å². The Bertz CT molecular complexity index is 373. The van der Waals surface area contributed by atoms with Crippen LogP contribution >= 0.6 is 0 Å². The van der Waals surface area contributed by atoms with Crippen LogP contribution in [0.25, 0.3) is 0 Å². The van der Waals surface area contributed by atoms with Gasteiger partial charge >= 0.3 is 5.97 Å². The third kappa shape index (κ3) is 5.28. The molecule has 0 aromatic heterocycles. The summed E-state index contributed by atoms with van der Waals surface area (Å²) in [4.78, 5) is 24.5. The van der Waals surface area contributed by atoms with Crippen molar-refractivity contribution < 1.29 is 24.2 Å². The molecule has 1 aliphatic heterocycles. The van der Waals surface area contributed by atoms with Crippen LogP contribution in [0.2, 0.25) is 0 Å². The maximum atomic E-state index is 12.2. The molecular weight excluding hydrogens is 274 g/mol. The molecule has 0 spiro atoms. The van der Waals surface area contributed by atoms with Crippen molar-refractivity contribution in [1.82, 2.24) is 4.90 Å². The van der Waals surface area contributed by atoms with E-state index in [1.54, 1.807) is 4.90 Å². The van der Waals surface area contributed by atoms with E-state index in [2.05, 4.69) is 6.92 Å². The van der Waals surface area contributed by atoms with Crippen LogP contribution in [0.4, 0.5) is 0 Å². The summed E-state index contributed by atoms with van der Waals surface area (Å²) in [6.07, 6.45) is 4.18. The van der Waals surface area contributed by atoms with Crippen molar-refractivity contribution in [3.63, 3.8) is 0 Å². The topological polar surface area (TPSA) is 76.1 Å². The maximum Gasteiger partial charge on any atom is 0.306 e. The maximum absolute atomic E-state index is 12.2. The van der Waals surface area contributed by atoms with E-state index in [1.807, 2.05) is 0 Å². The van der Waals surface area contributed by atoms with E-state index in [9.17, 15) is 9.59 Å². The molecule has 2 fully saturated rings. The largest absolute Gasteiger partial charge is 0.481 e. The van der Waals surface area contributed by atoms with Gasteiger partial charge in [-0.25, -0.2) is 0 Å². The molecule has 1 N–H and O–H groups in total. The zero-order valence-electron chi connectivity index (χ0n) is 12.6. The summed E-state index contributed by atoms with van der Waals surface area (Å²) in [6.45, 7) is 3.56. The number of morpholine rings is 1. The van der Waals surface area contributed by atoms with E-state index < -0.39 is 12.1 Å². The number of hydrogen-bond donors (Lipinski definition) is 1. The second-order valence-electron chi connectivity index (χ2n) is 6.14. The number of carbonyl (C=O) groups is 2. The van der Waals surface area contributed by atoms with Gasteiger partial charge in [0.05, 0.1) is 25.2 Å².